The topological polar surface area (TPSA) is 103 Å². The average molecular weight is 557 g/mol. The molecule has 218 valence electrons. The van der Waals surface area contributed by atoms with Gasteiger partial charge < -0.3 is 24.8 Å². The predicted octanol–water partition coefficient (Wildman–Crippen LogP) is 4.41. The van der Waals surface area contributed by atoms with Crippen LogP contribution in [0.2, 0.25) is 0 Å². The van der Waals surface area contributed by atoms with Gasteiger partial charge in [-0.3, -0.25) is 14.4 Å². The fourth-order valence-electron chi connectivity index (χ4n) is 8.36. The van der Waals surface area contributed by atoms with Gasteiger partial charge in [0.1, 0.15) is 17.2 Å². The summed E-state index contributed by atoms with van der Waals surface area (Å²) < 4.78 is 31.0. The molecule has 0 unspecified atom stereocenters. The van der Waals surface area contributed by atoms with Crippen molar-refractivity contribution >= 4 is 17.8 Å². The maximum absolute atomic E-state index is 14.0. The van der Waals surface area contributed by atoms with Gasteiger partial charge in [-0.05, 0) is 88.3 Å². The van der Waals surface area contributed by atoms with Crippen molar-refractivity contribution in [2.75, 3.05) is 14.2 Å². The first-order valence-corrected chi connectivity index (χ1v) is 14.7. The lowest BCUT2D eigenvalue weighted by Crippen LogP contribution is -2.77. The highest BCUT2D eigenvalue weighted by Gasteiger charge is 2.70. The summed E-state index contributed by atoms with van der Waals surface area (Å²) in [5, 5.41) is 6.34. The van der Waals surface area contributed by atoms with Gasteiger partial charge in [0, 0.05) is 30.8 Å². The zero-order valence-corrected chi connectivity index (χ0v) is 23.9. The Morgan fingerprint density at radius 1 is 0.975 bits per heavy atom. The van der Waals surface area contributed by atoms with E-state index in [1.807, 2.05) is 19.9 Å². The molecule has 0 saturated heterocycles. The molecule has 8 nitrogen and oxygen atoms in total. The summed E-state index contributed by atoms with van der Waals surface area (Å²) in [5.74, 6) is 0.743. The summed E-state index contributed by atoms with van der Waals surface area (Å²) in [7, 11) is 2.96. The number of hydrogen-bond donors (Lipinski definition) is 2. The molecule has 40 heavy (non-hydrogen) atoms. The van der Waals surface area contributed by atoms with Crippen LogP contribution < -0.4 is 20.1 Å². The van der Waals surface area contributed by atoms with Crippen LogP contribution in [0.1, 0.15) is 87.1 Å². The molecule has 6 aliphatic rings. The monoisotopic (exact) mass is 556 g/mol. The van der Waals surface area contributed by atoms with E-state index in [0.717, 1.165) is 24.8 Å². The number of ether oxygens (including phenoxy) is 3. The first-order valence-electron chi connectivity index (χ1n) is 14.7. The minimum Gasteiger partial charge on any atom is -0.496 e. The van der Waals surface area contributed by atoms with Crippen molar-refractivity contribution in [3.8, 4) is 11.5 Å². The third-order valence-corrected chi connectivity index (χ3v) is 10.6. The number of carbonyl (C=O) groups is 3. The van der Waals surface area contributed by atoms with E-state index in [4.69, 9.17) is 14.2 Å². The molecule has 1 aromatic carbocycles. The second-order valence-corrected chi connectivity index (χ2v) is 13.5. The first kappa shape index (κ1) is 27.3. The second kappa shape index (κ2) is 9.62. The molecule has 0 aromatic heterocycles. The van der Waals surface area contributed by atoms with Crippen LogP contribution in [0.3, 0.4) is 0 Å². The normalized spacial score (nSPS) is 39.0. The number of hydrogen-bond acceptors (Lipinski definition) is 6. The van der Waals surface area contributed by atoms with Crippen molar-refractivity contribution in [2.24, 2.45) is 23.2 Å². The fourth-order valence-corrected chi connectivity index (χ4v) is 8.36. The summed E-state index contributed by atoms with van der Waals surface area (Å²) in [6.45, 7) is 3.86. The third kappa shape index (κ3) is 4.53. The number of carbonyl (C=O) groups excluding carboxylic acids is 3. The number of nitrogens with one attached hydrogen (secondary N) is 2. The van der Waals surface area contributed by atoms with Crippen molar-refractivity contribution in [3.63, 3.8) is 0 Å². The minimum absolute atomic E-state index is 0.0459. The van der Waals surface area contributed by atoms with Crippen molar-refractivity contribution in [3.05, 3.63) is 23.3 Å². The van der Waals surface area contributed by atoms with Crippen molar-refractivity contribution in [1.82, 2.24) is 10.6 Å². The standard InChI is InChI=1S/C31H41FN2O6/c1-17-11-23(38-3)21(13-22(17)40-20-7-9-29(2,10-8-20)28(37)39-4)26(35)33-25-19-6-5-18(12-19)24(25)27(36)34-31-14-30(32,15-31)16-31/h11,13,18-20,24-25H,5-10,12,14-16H2,1-4H3,(H,33,35)(H,34,36)/t18-,19+,20?,24+,25-,29?,30?,31?/m1/s1. The van der Waals surface area contributed by atoms with E-state index in [1.54, 1.807) is 6.07 Å². The molecular weight excluding hydrogens is 515 g/mol. The van der Waals surface area contributed by atoms with Crippen LogP contribution in [-0.4, -0.2) is 55.4 Å². The number of benzene rings is 1. The highest BCUT2D eigenvalue weighted by Crippen LogP contribution is 2.63. The van der Waals surface area contributed by atoms with Crippen molar-refractivity contribution in [1.29, 1.82) is 0 Å². The minimum atomic E-state index is -1.07. The van der Waals surface area contributed by atoms with Gasteiger partial charge in [0.05, 0.1) is 37.2 Å². The van der Waals surface area contributed by atoms with Gasteiger partial charge in [-0.2, -0.15) is 0 Å². The second-order valence-electron chi connectivity index (χ2n) is 13.5. The zero-order chi connectivity index (χ0) is 28.4. The molecule has 2 N–H and O–H groups in total. The summed E-state index contributed by atoms with van der Waals surface area (Å²) in [6, 6.07) is 3.29. The Bertz CT molecular complexity index is 1200. The van der Waals surface area contributed by atoms with Crippen LogP contribution >= 0.6 is 0 Å². The van der Waals surface area contributed by atoms with Gasteiger partial charge in [-0.15, -0.1) is 0 Å². The van der Waals surface area contributed by atoms with E-state index < -0.39 is 11.1 Å². The molecule has 6 fully saturated rings. The Morgan fingerprint density at radius 2 is 1.65 bits per heavy atom. The van der Waals surface area contributed by atoms with E-state index in [2.05, 4.69) is 10.6 Å². The number of methoxy groups -OCH3 is 2. The lowest BCUT2D eigenvalue weighted by molar-refractivity contribution is -0.177. The molecule has 0 heterocycles. The van der Waals surface area contributed by atoms with E-state index in [1.165, 1.54) is 14.2 Å². The van der Waals surface area contributed by atoms with E-state index >= 15 is 0 Å². The van der Waals surface area contributed by atoms with Gasteiger partial charge >= 0.3 is 5.97 Å². The van der Waals surface area contributed by atoms with Gasteiger partial charge in [-0.25, -0.2) is 4.39 Å². The first-order chi connectivity index (χ1) is 19.0. The fraction of sp³-hybridized carbons (Fsp3) is 0.710. The van der Waals surface area contributed by atoms with Crippen LogP contribution in [-0.2, 0) is 14.3 Å². The van der Waals surface area contributed by atoms with Crippen LogP contribution in [0, 0.1) is 30.1 Å². The average Bonchev–Trinajstić information content (AvgIpc) is 3.50. The number of halogens is 1. The smallest absolute Gasteiger partial charge is 0.311 e. The van der Waals surface area contributed by atoms with Crippen LogP contribution in [0.4, 0.5) is 4.39 Å². The van der Waals surface area contributed by atoms with Crippen LogP contribution in [0.25, 0.3) is 0 Å². The van der Waals surface area contributed by atoms with Crippen LogP contribution in [0.5, 0.6) is 11.5 Å². The van der Waals surface area contributed by atoms with E-state index in [9.17, 15) is 18.8 Å². The van der Waals surface area contributed by atoms with Crippen molar-refractivity contribution in [2.45, 2.75) is 101 Å². The third-order valence-electron chi connectivity index (χ3n) is 10.6. The molecule has 6 saturated carbocycles. The molecule has 6 aliphatic carbocycles. The maximum Gasteiger partial charge on any atom is 0.311 e. The lowest BCUT2D eigenvalue weighted by Gasteiger charge is -2.66. The zero-order valence-electron chi connectivity index (χ0n) is 23.9. The highest BCUT2D eigenvalue weighted by molar-refractivity contribution is 5.98. The Morgan fingerprint density at radius 3 is 2.27 bits per heavy atom. The summed E-state index contributed by atoms with van der Waals surface area (Å²) >= 11 is 0. The van der Waals surface area contributed by atoms with Crippen LogP contribution in [0.15, 0.2) is 12.1 Å². The van der Waals surface area contributed by atoms with Gasteiger partial charge in [0.25, 0.3) is 5.91 Å². The Hall–Kier alpha value is -2.84. The quantitative estimate of drug-likeness (QED) is 0.460. The number of amides is 2. The molecule has 7 rings (SSSR count). The Balaban J connectivity index is 1.15. The molecule has 0 aliphatic heterocycles. The molecule has 0 radical (unpaired) electrons. The SMILES string of the molecule is COC(=O)C1(C)CCC(Oc2cc(C(=O)N[C@@H]3[C@H]4CC[C@H](C4)[C@@H]3C(=O)NC34CC(F)(C3)C4)c(OC)cc2C)CC1. The van der Waals surface area contributed by atoms with Gasteiger partial charge in [0.2, 0.25) is 5.91 Å². The number of aryl methyl sites for hydroxylation is 1. The summed E-state index contributed by atoms with van der Waals surface area (Å²) in [4.78, 5) is 39.3. The highest BCUT2D eigenvalue weighted by atomic mass is 19.1. The molecule has 4 bridgehead atoms. The van der Waals surface area contributed by atoms with E-state index in [-0.39, 0.29) is 53.2 Å². The molecule has 2 amide bonds. The maximum atomic E-state index is 14.0. The predicted molar refractivity (Wildman–Crippen MR) is 145 cm³/mol. The number of esters is 1. The molecule has 0 spiro atoms. The van der Waals surface area contributed by atoms with Gasteiger partial charge in [-0.1, -0.05) is 0 Å². The molecule has 9 heteroatoms. The van der Waals surface area contributed by atoms with Crippen molar-refractivity contribution < 1.29 is 33.0 Å². The number of rotatable bonds is 8. The number of fused-ring (bicyclic) bond motifs is 2. The number of alkyl halides is 1. The van der Waals surface area contributed by atoms with E-state index in [0.29, 0.717) is 62.0 Å². The largest absolute Gasteiger partial charge is 0.496 e. The Labute approximate surface area is 235 Å². The summed E-state index contributed by atoms with van der Waals surface area (Å²) in [6.07, 6.45) is 6.84. The molecular formula is C31H41FN2O6. The lowest BCUT2D eigenvalue weighted by atomic mass is 9.47. The van der Waals surface area contributed by atoms with Gasteiger partial charge in [0.15, 0.2) is 0 Å². The molecule has 4 atom stereocenters. The summed E-state index contributed by atoms with van der Waals surface area (Å²) in [5.41, 5.74) is -0.711. The Kier molecular flexibility index (Phi) is 6.58. The molecule has 1 aromatic rings.